The van der Waals surface area contributed by atoms with Crippen LogP contribution < -0.4 is 5.32 Å². The van der Waals surface area contributed by atoms with Crippen LogP contribution in [0.1, 0.15) is 24.9 Å². The number of nitrogens with one attached hydrogen (secondary N) is 1. The fourth-order valence-corrected chi connectivity index (χ4v) is 1.32. The molecule has 63 valence electrons. The van der Waals surface area contributed by atoms with Crippen molar-refractivity contribution in [3.63, 3.8) is 0 Å². The molecule has 0 aliphatic carbocycles. The maximum atomic E-state index is 4.63. The first-order chi connectivity index (χ1) is 5.88. The standard InChI is InChI=1S/C10H12NS/c1-2-10(11-8-12)9-6-4-3-5-7-9/h3-7,10H,2H2,1H3,(H,11,12). The first kappa shape index (κ1) is 9.20. The van der Waals surface area contributed by atoms with Crippen LogP contribution in [0.5, 0.6) is 0 Å². The van der Waals surface area contributed by atoms with E-state index in [2.05, 4.69) is 42.1 Å². The zero-order valence-electron chi connectivity index (χ0n) is 7.08. The number of hydrogen-bond donors (Lipinski definition) is 1. The summed E-state index contributed by atoms with van der Waals surface area (Å²) in [5, 5.41) is 3.01. The van der Waals surface area contributed by atoms with E-state index in [-0.39, 0.29) is 0 Å². The molecule has 0 aliphatic rings. The summed E-state index contributed by atoms with van der Waals surface area (Å²) in [7, 11) is 0. The molecule has 0 heterocycles. The largest absolute Gasteiger partial charge is 0.367 e. The van der Waals surface area contributed by atoms with Crippen LogP contribution in [-0.4, -0.2) is 5.49 Å². The number of thiocarbonyl (C=S) groups is 1. The van der Waals surface area contributed by atoms with Crippen molar-refractivity contribution in [2.24, 2.45) is 0 Å². The van der Waals surface area contributed by atoms with Gasteiger partial charge in [-0.2, -0.15) is 0 Å². The van der Waals surface area contributed by atoms with Gasteiger partial charge in [-0.15, -0.1) is 0 Å². The van der Waals surface area contributed by atoms with Crippen molar-refractivity contribution in [1.82, 2.24) is 5.32 Å². The van der Waals surface area contributed by atoms with Crippen LogP contribution >= 0.6 is 12.2 Å². The van der Waals surface area contributed by atoms with Crippen LogP contribution in [0.25, 0.3) is 0 Å². The fraction of sp³-hybridized carbons (Fsp3) is 0.300. The third-order valence-corrected chi connectivity index (χ3v) is 1.96. The van der Waals surface area contributed by atoms with Crippen LogP contribution in [-0.2, 0) is 0 Å². The Balaban J connectivity index is 2.72. The average molecular weight is 178 g/mol. The minimum absolute atomic E-state index is 0.309. The van der Waals surface area contributed by atoms with E-state index in [1.165, 1.54) is 5.56 Å². The highest BCUT2D eigenvalue weighted by molar-refractivity contribution is 7.78. The molecule has 0 fully saturated rings. The molecule has 1 radical (unpaired) electrons. The van der Waals surface area contributed by atoms with Gasteiger partial charge in [0.25, 0.3) is 0 Å². The molecule has 1 aromatic rings. The molecule has 1 atom stereocenters. The monoisotopic (exact) mass is 178 g/mol. The number of rotatable bonds is 4. The van der Waals surface area contributed by atoms with Crippen LogP contribution in [0.3, 0.4) is 0 Å². The molecule has 0 aromatic heterocycles. The van der Waals surface area contributed by atoms with Gasteiger partial charge < -0.3 is 5.32 Å². The van der Waals surface area contributed by atoms with E-state index in [0.29, 0.717) is 6.04 Å². The lowest BCUT2D eigenvalue weighted by molar-refractivity contribution is 0.636. The zero-order chi connectivity index (χ0) is 8.81. The number of hydrogen-bond acceptors (Lipinski definition) is 1. The molecule has 0 bridgehead atoms. The summed E-state index contributed by atoms with van der Waals surface area (Å²) in [5.41, 5.74) is 3.81. The Morgan fingerprint density at radius 3 is 2.58 bits per heavy atom. The van der Waals surface area contributed by atoms with Crippen molar-refractivity contribution in [2.75, 3.05) is 0 Å². The lowest BCUT2D eigenvalue weighted by Crippen LogP contribution is -2.17. The molecule has 0 saturated heterocycles. The average Bonchev–Trinajstić information content (AvgIpc) is 2.15. The van der Waals surface area contributed by atoms with Crippen molar-refractivity contribution in [2.45, 2.75) is 19.4 Å². The summed E-state index contributed by atoms with van der Waals surface area (Å²) in [6.45, 7) is 2.12. The maximum absolute atomic E-state index is 4.63. The van der Waals surface area contributed by atoms with E-state index < -0.39 is 0 Å². The van der Waals surface area contributed by atoms with E-state index >= 15 is 0 Å². The molecule has 1 N–H and O–H groups in total. The minimum atomic E-state index is 0.309. The zero-order valence-corrected chi connectivity index (χ0v) is 7.90. The molecular formula is C10H12NS. The molecule has 1 aromatic carbocycles. The van der Waals surface area contributed by atoms with E-state index in [1.54, 1.807) is 0 Å². The summed E-state index contributed by atoms with van der Waals surface area (Å²) in [6, 6.07) is 10.6. The summed E-state index contributed by atoms with van der Waals surface area (Å²) >= 11 is 4.63. The van der Waals surface area contributed by atoms with E-state index in [4.69, 9.17) is 0 Å². The molecule has 1 unspecified atom stereocenters. The molecule has 0 aliphatic heterocycles. The van der Waals surface area contributed by atoms with Gasteiger partial charge in [0.15, 0.2) is 0 Å². The van der Waals surface area contributed by atoms with Crippen molar-refractivity contribution in [3.05, 3.63) is 35.9 Å². The fourth-order valence-electron chi connectivity index (χ4n) is 1.18. The molecular weight excluding hydrogens is 166 g/mol. The lowest BCUT2D eigenvalue weighted by Gasteiger charge is -2.13. The predicted molar refractivity (Wildman–Crippen MR) is 55.2 cm³/mol. The normalized spacial score (nSPS) is 12.1. The van der Waals surface area contributed by atoms with E-state index in [0.717, 1.165) is 6.42 Å². The van der Waals surface area contributed by atoms with Crippen LogP contribution in [0.15, 0.2) is 30.3 Å². The summed E-state index contributed by atoms with van der Waals surface area (Å²) in [4.78, 5) is 0. The Morgan fingerprint density at radius 1 is 1.42 bits per heavy atom. The molecule has 1 nitrogen and oxygen atoms in total. The van der Waals surface area contributed by atoms with E-state index in [1.807, 2.05) is 18.2 Å². The molecule has 1 rings (SSSR count). The molecule has 0 spiro atoms. The first-order valence-corrected chi connectivity index (χ1v) is 4.47. The van der Waals surface area contributed by atoms with Gasteiger partial charge in [-0.25, -0.2) is 0 Å². The van der Waals surface area contributed by atoms with Gasteiger partial charge in [-0.3, -0.25) is 0 Å². The SMILES string of the molecule is CCC(N[C]=S)c1ccccc1. The van der Waals surface area contributed by atoms with Gasteiger partial charge in [0.05, 0.1) is 6.04 Å². The second-order valence-corrected chi connectivity index (χ2v) is 2.82. The smallest absolute Gasteiger partial charge is 0.134 e. The summed E-state index contributed by atoms with van der Waals surface area (Å²) in [6.07, 6.45) is 1.02. The Bertz CT molecular complexity index is 233. The third kappa shape index (κ3) is 2.31. The number of benzene rings is 1. The Kier molecular flexibility index (Phi) is 3.74. The summed E-state index contributed by atoms with van der Waals surface area (Å²) < 4.78 is 0. The Labute approximate surface area is 78.8 Å². The molecule has 12 heavy (non-hydrogen) atoms. The second kappa shape index (κ2) is 4.88. The Morgan fingerprint density at radius 2 is 2.08 bits per heavy atom. The van der Waals surface area contributed by atoms with Gasteiger partial charge >= 0.3 is 0 Å². The van der Waals surface area contributed by atoms with Crippen molar-refractivity contribution in [3.8, 4) is 0 Å². The highest BCUT2D eigenvalue weighted by Gasteiger charge is 2.04. The van der Waals surface area contributed by atoms with Gasteiger partial charge in [0.1, 0.15) is 5.49 Å². The van der Waals surface area contributed by atoms with Crippen LogP contribution in [0.2, 0.25) is 0 Å². The first-order valence-electron chi connectivity index (χ1n) is 4.06. The van der Waals surface area contributed by atoms with E-state index in [9.17, 15) is 0 Å². The third-order valence-electron chi connectivity index (χ3n) is 1.84. The minimum Gasteiger partial charge on any atom is -0.367 e. The molecule has 0 saturated carbocycles. The quantitative estimate of drug-likeness (QED) is 0.561. The lowest BCUT2D eigenvalue weighted by atomic mass is 10.1. The van der Waals surface area contributed by atoms with Gasteiger partial charge in [-0.05, 0) is 12.0 Å². The van der Waals surface area contributed by atoms with Crippen LogP contribution in [0.4, 0.5) is 0 Å². The van der Waals surface area contributed by atoms with Gasteiger partial charge in [0.2, 0.25) is 0 Å². The van der Waals surface area contributed by atoms with Gasteiger partial charge in [0, 0.05) is 0 Å². The van der Waals surface area contributed by atoms with Crippen molar-refractivity contribution < 1.29 is 0 Å². The second-order valence-electron chi connectivity index (χ2n) is 2.62. The topological polar surface area (TPSA) is 12.0 Å². The highest BCUT2D eigenvalue weighted by Crippen LogP contribution is 2.14. The van der Waals surface area contributed by atoms with Crippen molar-refractivity contribution >= 4 is 17.7 Å². The molecule has 2 heteroatoms. The summed E-state index contributed by atoms with van der Waals surface area (Å²) in [5.74, 6) is 0. The molecule has 0 amide bonds. The van der Waals surface area contributed by atoms with Crippen LogP contribution in [0, 0.1) is 0 Å². The maximum Gasteiger partial charge on any atom is 0.134 e. The Hall–Kier alpha value is -0.890. The van der Waals surface area contributed by atoms with Gasteiger partial charge in [-0.1, -0.05) is 49.5 Å². The predicted octanol–water partition coefficient (Wildman–Crippen LogP) is 2.56. The van der Waals surface area contributed by atoms with Crippen molar-refractivity contribution in [1.29, 1.82) is 0 Å². The highest BCUT2D eigenvalue weighted by atomic mass is 32.1.